The first-order valence-electron chi connectivity index (χ1n) is 6.45. The van der Waals surface area contributed by atoms with Crippen LogP contribution in [0.5, 0.6) is 0 Å². The van der Waals surface area contributed by atoms with E-state index in [1.165, 1.54) is 11.1 Å². The Morgan fingerprint density at radius 2 is 2.21 bits per heavy atom. The minimum atomic E-state index is -0.589. The minimum absolute atomic E-state index is 0.305. The number of hydrogen-bond donors (Lipinski definition) is 2. The number of furan rings is 1. The molecule has 3 rings (SSSR count). The zero-order valence-corrected chi connectivity index (χ0v) is 11.4. The lowest BCUT2D eigenvalue weighted by Crippen LogP contribution is -2.30. The Hall–Kier alpha value is -1.23. The van der Waals surface area contributed by atoms with Gasteiger partial charge in [0.25, 0.3) is 0 Å². The van der Waals surface area contributed by atoms with Crippen molar-refractivity contribution in [3.63, 3.8) is 0 Å². The first-order chi connectivity index (χ1) is 9.34. The Labute approximate surface area is 117 Å². The van der Waals surface area contributed by atoms with E-state index >= 15 is 0 Å². The SMILES string of the molecule is OC(CNC1CSCc2ccccc21)c1ccco1. The van der Waals surface area contributed by atoms with Crippen LogP contribution in [0, 0.1) is 0 Å². The van der Waals surface area contributed by atoms with Crippen molar-refractivity contribution in [2.75, 3.05) is 12.3 Å². The molecule has 1 aliphatic heterocycles. The van der Waals surface area contributed by atoms with Crippen LogP contribution in [-0.4, -0.2) is 17.4 Å². The zero-order valence-electron chi connectivity index (χ0n) is 10.6. The minimum Gasteiger partial charge on any atom is -0.467 e. The summed E-state index contributed by atoms with van der Waals surface area (Å²) in [5.41, 5.74) is 2.75. The molecule has 19 heavy (non-hydrogen) atoms. The van der Waals surface area contributed by atoms with E-state index in [1.54, 1.807) is 18.4 Å². The maximum Gasteiger partial charge on any atom is 0.133 e. The second-order valence-electron chi connectivity index (χ2n) is 4.71. The first kappa shape index (κ1) is 12.8. The maximum atomic E-state index is 10.0. The van der Waals surface area contributed by atoms with Crippen LogP contribution in [0.15, 0.2) is 47.1 Å². The zero-order chi connectivity index (χ0) is 13.1. The molecule has 1 aromatic carbocycles. The van der Waals surface area contributed by atoms with Crippen molar-refractivity contribution in [2.45, 2.75) is 17.9 Å². The molecule has 0 amide bonds. The lowest BCUT2D eigenvalue weighted by molar-refractivity contribution is 0.144. The van der Waals surface area contributed by atoms with Gasteiger partial charge in [-0.1, -0.05) is 24.3 Å². The van der Waals surface area contributed by atoms with Gasteiger partial charge in [-0.3, -0.25) is 0 Å². The summed E-state index contributed by atoms with van der Waals surface area (Å²) in [6.07, 6.45) is 0.999. The van der Waals surface area contributed by atoms with Crippen molar-refractivity contribution in [3.05, 3.63) is 59.5 Å². The van der Waals surface area contributed by atoms with E-state index in [0.717, 1.165) is 11.5 Å². The summed E-state index contributed by atoms with van der Waals surface area (Å²) < 4.78 is 5.21. The van der Waals surface area contributed by atoms with Gasteiger partial charge in [0.2, 0.25) is 0 Å². The monoisotopic (exact) mass is 275 g/mol. The van der Waals surface area contributed by atoms with Gasteiger partial charge in [-0.15, -0.1) is 0 Å². The van der Waals surface area contributed by atoms with E-state index in [4.69, 9.17) is 4.42 Å². The van der Waals surface area contributed by atoms with E-state index in [1.807, 2.05) is 11.8 Å². The van der Waals surface area contributed by atoms with Gasteiger partial charge in [0.1, 0.15) is 11.9 Å². The summed E-state index contributed by atoms with van der Waals surface area (Å²) in [7, 11) is 0. The van der Waals surface area contributed by atoms with Gasteiger partial charge >= 0.3 is 0 Å². The molecule has 3 nitrogen and oxygen atoms in total. The smallest absolute Gasteiger partial charge is 0.133 e. The van der Waals surface area contributed by atoms with Gasteiger partial charge < -0.3 is 14.8 Å². The Balaban J connectivity index is 1.65. The number of aliphatic hydroxyl groups is 1. The molecular formula is C15H17NO2S. The molecule has 1 aliphatic rings. The van der Waals surface area contributed by atoms with E-state index in [0.29, 0.717) is 18.3 Å². The predicted octanol–water partition coefficient (Wildman–Crippen LogP) is 2.89. The second-order valence-corrected chi connectivity index (χ2v) is 5.74. The second kappa shape index (κ2) is 5.82. The molecule has 4 heteroatoms. The van der Waals surface area contributed by atoms with Gasteiger partial charge in [-0.2, -0.15) is 11.8 Å². The van der Waals surface area contributed by atoms with E-state index in [2.05, 4.69) is 29.6 Å². The largest absolute Gasteiger partial charge is 0.467 e. The van der Waals surface area contributed by atoms with Crippen molar-refractivity contribution in [1.82, 2.24) is 5.32 Å². The fraction of sp³-hybridized carbons (Fsp3) is 0.333. The van der Waals surface area contributed by atoms with Crippen LogP contribution in [0.1, 0.15) is 29.0 Å². The topological polar surface area (TPSA) is 45.4 Å². The standard InChI is InChI=1S/C15H17NO2S/c17-14(15-6-3-7-18-15)8-16-13-10-19-9-11-4-1-2-5-12(11)13/h1-7,13-14,16-17H,8-10H2. The summed E-state index contributed by atoms with van der Waals surface area (Å²) in [6.45, 7) is 0.507. The number of thioether (sulfide) groups is 1. The van der Waals surface area contributed by atoms with Crippen molar-refractivity contribution >= 4 is 11.8 Å². The molecule has 2 heterocycles. The van der Waals surface area contributed by atoms with Crippen molar-refractivity contribution in [3.8, 4) is 0 Å². The Morgan fingerprint density at radius 1 is 1.32 bits per heavy atom. The molecule has 2 atom stereocenters. The number of benzene rings is 1. The fourth-order valence-corrected chi connectivity index (χ4v) is 3.52. The molecule has 0 radical (unpaired) electrons. The van der Waals surface area contributed by atoms with E-state index in [9.17, 15) is 5.11 Å². The summed E-state index contributed by atoms with van der Waals surface area (Å²) in [5, 5.41) is 13.5. The van der Waals surface area contributed by atoms with Gasteiger partial charge in [0.15, 0.2) is 0 Å². The summed E-state index contributed by atoms with van der Waals surface area (Å²) in [5.74, 6) is 2.74. The van der Waals surface area contributed by atoms with Crippen LogP contribution in [0.2, 0.25) is 0 Å². The third kappa shape index (κ3) is 2.86. The van der Waals surface area contributed by atoms with Crippen LogP contribution in [0.4, 0.5) is 0 Å². The molecular weight excluding hydrogens is 258 g/mol. The summed E-state index contributed by atoms with van der Waals surface area (Å²) >= 11 is 1.93. The first-order valence-corrected chi connectivity index (χ1v) is 7.60. The third-order valence-corrected chi connectivity index (χ3v) is 4.49. The van der Waals surface area contributed by atoms with Gasteiger partial charge in [0.05, 0.1) is 6.26 Å². The molecule has 0 saturated carbocycles. The number of aliphatic hydroxyl groups excluding tert-OH is 1. The number of rotatable bonds is 4. The highest BCUT2D eigenvalue weighted by Crippen LogP contribution is 2.31. The average molecular weight is 275 g/mol. The average Bonchev–Trinajstić information content (AvgIpc) is 2.99. The lowest BCUT2D eigenvalue weighted by atomic mass is 10.0. The molecule has 1 aromatic heterocycles. The Morgan fingerprint density at radius 3 is 3.05 bits per heavy atom. The number of nitrogens with one attached hydrogen (secondary N) is 1. The highest BCUT2D eigenvalue weighted by molar-refractivity contribution is 7.98. The van der Waals surface area contributed by atoms with Crippen LogP contribution < -0.4 is 5.32 Å². The molecule has 0 spiro atoms. The molecule has 2 aromatic rings. The van der Waals surface area contributed by atoms with Crippen LogP contribution in [0.25, 0.3) is 0 Å². The quantitative estimate of drug-likeness (QED) is 0.900. The van der Waals surface area contributed by atoms with Crippen LogP contribution in [0.3, 0.4) is 0 Å². The predicted molar refractivity (Wildman–Crippen MR) is 77.0 cm³/mol. The molecule has 0 saturated heterocycles. The molecule has 0 aliphatic carbocycles. The molecule has 2 unspecified atom stereocenters. The van der Waals surface area contributed by atoms with E-state index < -0.39 is 6.10 Å². The number of hydrogen-bond acceptors (Lipinski definition) is 4. The van der Waals surface area contributed by atoms with Gasteiger partial charge in [-0.05, 0) is 23.3 Å². The van der Waals surface area contributed by atoms with Crippen molar-refractivity contribution in [1.29, 1.82) is 0 Å². The highest BCUT2D eigenvalue weighted by atomic mass is 32.2. The Kier molecular flexibility index (Phi) is 3.92. The van der Waals surface area contributed by atoms with Crippen LogP contribution >= 0.6 is 11.8 Å². The molecule has 2 N–H and O–H groups in total. The Bertz CT molecular complexity index is 527. The fourth-order valence-electron chi connectivity index (χ4n) is 2.39. The number of fused-ring (bicyclic) bond motifs is 1. The van der Waals surface area contributed by atoms with E-state index in [-0.39, 0.29) is 0 Å². The van der Waals surface area contributed by atoms with Gasteiger partial charge in [-0.25, -0.2) is 0 Å². The molecule has 100 valence electrons. The van der Waals surface area contributed by atoms with Crippen molar-refractivity contribution < 1.29 is 9.52 Å². The normalized spacial score (nSPS) is 19.9. The maximum absolute atomic E-state index is 10.0. The molecule has 0 bridgehead atoms. The summed E-state index contributed by atoms with van der Waals surface area (Å²) in [4.78, 5) is 0. The third-order valence-electron chi connectivity index (χ3n) is 3.40. The highest BCUT2D eigenvalue weighted by Gasteiger charge is 2.21. The lowest BCUT2D eigenvalue weighted by Gasteiger charge is -2.26. The van der Waals surface area contributed by atoms with Crippen molar-refractivity contribution in [2.24, 2.45) is 0 Å². The van der Waals surface area contributed by atoms with Crippen LogP contribution in [-0.2, 0) is 5.75 Å². The molecule has 0 fully saturated rings. The summed E-state index contributed by atoms with van der Waals surface area (Å²) in [6, 6.07) is 12.4. The van der Waals surface area contributed by atoms with Gasteiger partial charge in [0, 0.05) is 24.1 Å².